The molecule has 0 bridgehead atoms. The van der Waals surface area contributed by atoms with Crippen molar-refractivity contribution in [2.45, 2.75) is 0 Å². The summed E-state index contributed by atoms with van der Waals surface area (Å²) in [6.07, 6.45) is 9.44. The predicted molar refractivity (Wildman–Crippen MR) is 108 cm³/mol. The molecule has 6 aromatic heterocycles. The van der Waals surface area contributed by atoms with Gasteiger partial charge in [-0.05, 0) is 42.5 Å². The van der Waals surface area contributed by atoms with E-state index in [1.807, 2.05) is 61.1 Å². The van der Waals surface area contributed by atoms with E-state index in [-0.39, 0.29) is 0 Å². The summed E-state index contributed by atoms with van der Waals surface area (Å²) in [6.45, 7) is 0. The average Bonchev–Trinajstić information content (AvgIpc) is 3.43. The molecule has 132 valence electrons. The van der Waals surface area contributed by atoms with Gasteiger partial charge in [0.2, 0.25) is 0 Å². The Morgan fingerprint density at radius 1 is 0.750 bits per heavy atom. The topological polar surface area (TPSA) is 60.4 Å². The summed E-state index contributed by atoms with van der Waals surface area (Å²) in [7, 11) is 0. The molecule has 28 heavy (non-hydrogen) atoms. The highest BCUT2D eigenvalue weighted by molar-refractivity contribution is 5.86. The molecule has 0 amide bonds. The zero-order valence-corrected chi connectivity index (χ0v) is 14.8. The van der Waals surface area contributed by atoms with Crippen molar-refractivity contribution in [3.8, 4) is 22.6 Å². The number of rotatable bonds is 2. The van der Waals surface area contributed by atoms with E-state index in [0.717, 1.165) is 45.0 Å². The van der Waals surface area contributed by atoms with E-state index >= 15 is 0 Å². The summed E-state index contributed by atoms with van der Waals surface area (Å²) >= 11 is 0. The molecule has 0 radical (unpaired) electrons. The Labute approximate surface area is 159 Å². The van der Waals surface area contributed by atoms with Crippen LogP contribution in [-0.2, 0) is 0 Å². The van der Waals surface area contributed by atoms with Gasteiger partial charge < -0.3 is 0 Å². The lowest BCUT2D eigenvalue weighted by Gasteiger charge is -2.10. The smallest absolute Gasteiger partial charge is 0.163 e. The molecule has 6 aromatic rings. The van der Waals surface area contributed by atoms with E-state index in [1.165, 1.54) is 0 Å². The third kappa shape index (κ3) is 2.15. The third-order valence-corrected chi connectivity index (χ3v) is 4.93. The summed E-state index contributed by atoms with van der Waals surface area (Å²) in [4.78, 5) is 18.5. The first-order valence-electron chi connectivity index (χ1n) is 8.99. The fraction of sp³-hybridized carbons (Fsp3) is 0. The maximum absolute atomic E-state index is 4.93. The van der Waals surface area contributed by atoms with Gasteiger partial charge in [-0.3, -0.25) is 13.8 Å². The van der Waals surface area contributed by atoms with Crippen LogP contribution in [0.5, 0.6) is 0 Å². The summed E-state index contributed by atoms with van der Waals surface area (Å²) in [6, 6.07) is 18.0. The van der Waals surface area contributed by atoms with E-state index in [4.69, 9.17) is 9.97 Å². The van der Waals surface area contributed by atoms with Crippen molar-refractivity contribution >= 4 is 22.3 Å². The van der Waals surface area contributed by atoms with Crippen molar-refractivity contribution in [1.82, 2.24) is 28.7 Å². The van der Waals surface area contributed by atoms with Crippen LogP contribution in [0.1, 0.15) is 0 Å². The van der Waals surface area contributed by atoms with Crippen molar-refractivity contribution in [3.05, 3.63) is 85.6 Å². The Morgan fingerprint density at radius 3 is 2.68 bits per heavy atom. The van der Waals surface area contributed by atoms with E-state index in [2.05, 4.69) is 30.9 Å². The van der Waals surface area contributed by atoms with Crippen LogP contribution in [0, 0.1) is 0 Å². The average molecular weight is 362 g/mol. The number of hydrogen-bond acceptors (Lipinski definition) is 4. The van der Waals surface area contributed by atoms with Gasteiger partial charge in [-0.1, -0.05) is 12.1 Å². The van der Waals surface area contributed by atoms with Gasteiger partial charge in [-0.25, -0.2) is 15.0 Å². The lowest BCUT2D eigenvalue weighted by molar-refractivity contribution is 1.15. The van der Waals surface area contributed by atoms with Crippen LogP contribution in [0.2, 0.25) is 0 Å². The monoisotopic (exact) mass is 362 g/mol. The molecular formula is C22H14N6. The van der Waals surface area contributed by atoms with E-state index in [0.29, 0.717) is 0 Å². The standard InChI is InChI=1S/C22H14N6/c1-2-9-23-16(5-1)21-19-7-4-11-28(19)22-17(26-21)13-15(14-25-22)18-6-3-8-20-24-10-12-27(18)20/h1-14H. The molecule has 6 heteroatoms. The van der Waals surface area contributed by atoms with Gasteiger partial charge in [0.25, 0.3) is 0 Å². The number of aromatic nitrogens is 6. The molecule has 0 aliphatic rings. The van der Waals surface area contributed by atoms with Crippen molar-refractivity contribution in [3.63, 3.8) is 0 Å². The molecule has 0 unspecified atom stereocenters. The number of fused-ring (bicyclic) bond motifs is 4. The fourth-order valence-electron chi connectivity index (χ4n) is 3.66. The Bertz CT molecular complexity index is 1460. The normalized spacial score (nSPS) is 11.6. The van der Waals surface area contributed by atoms with Crippen LogP contribution < -0.4 is 0 Å². The number of pyridine rings is 3. The molecule has 6 heterocycles. The Hall–Kier alpha value is -4.06. The second-order valence-corrected chi connectivity index (χ2v) is 6.57. The van der Waals surface area contributed by atoms with Gasteiger partial charge in [0, 0.05) is 36.5 Å². The Balaban J connectivity index is 1.65. The lowest BCUT2D eigenvalue weighted by atomic mass is 10.1. The Morgan fingerprint density at radius 2 is 1.75 bits per heavy atom. The number of imidazole rings is 1. The van der Waals surface area contributed by atoms with Gasteiger partial charge in [-0.2, -0.15) is 0 Å². The summed E-state index contributed by atoms with van der Waals surface area (Å²) in [5, 5.41) is 0. The van der Waals surface area contributed by atoms with Crippen molar-refractivity contribution in [2.75, 3.05) is 0 Å². The van der Waals surface area contributed by atoms with E-state index in [1.54, 1.807) is 12.4 Å². The molecule has 0 atom stereocenters. The molecule has 0 aliphatic carbocycles. The fourth-order valence-corrected chi connectivity index (χ4v) is 3.66. The maximum atomic E-state index is 4.93. The minimum atomic E-state index is 0.818. The number of nitrogens with zero attached hydrogens (tertiary/aromatic N) is 6. The van der Waals surface area contributed by atoms with Gasteiger partial charge >= 0.3 is 0 Å². The molecular weight excluding hydrogens is 348 g/mol. The summed E-state index contributed by atoms with van der Waals surface area (Å²) in [5.74, 6) is 0. The summed E-state index contributed by atoms with van der Waals surface area (Å²) in [5.41, 5.74) is 7.23. The second-order valence-electron chi connectivity index (χ2n) is 6.57. The molecule has 6 rings (SSSR count). The Kier molecular flexibility index (Phi) is 3.07. The first kappa shape index (κ1) is 15.0. The molecule has 0 aromatic carbocycles. The quantitative estimate of drug-likeness (QED) is 0.462. The van der Waals surface area contributed by atoms with Crippen LogP contribution in [0.3, 0.4) is 0 Å². The largest absolute Gasteiger partial charge is 0.300 e. The second kappa shape index (κ2) is 5.72. The molecule has 0 aliphatic heterocycles. The molecule has 0 fully saturated rings. The highest BCUT2D eigenvalue weighted by Crippen LogP contribution is 2.28. The summed E-state index contributed by atoms with van der Waals surface area (Å²) < 4.78 is 4.12. The van der Waals surface area contributed by atoms with Crippen molar-refractivity contribution in [1.29, 1.82) is 0 Å². The number of hydrogen-bond donors (Lipinski definition) is 0. The highest BCUT2D eigenvalue weighted by atomic mass is 15.0. The van der Waals surface area contributed by atoms with Crippen molar-refractivity contribution < 1.29 is 0 Å². The minimum absolute atomic E-state index is 0.818. The highest BCUT2D eigenvalue weighted by Gasteiger charge is 2.13. The van der Waals surface area contributed by atoms with E-state index in [9.17, 15) is 0 Å². The first-order chi connectivity index (χ1) is 13.9. The SMILES string of the molecule is c1ccc(-c2nc3cc(-c4cccc5nccn45)cnc3n3cccc23)nc1. The maximum Gasteiger partial charge on any atom is 0.163 e. The zero-order valence-electron chi connectivity index (χ0n) is 14.8. The molecule has 0 spiro atoms. The van der Waals surface area contributed by atoms with Gasteiger partial charge in [0.05, 0.1) is 16.9 Å². The van der Waals surface area contributed by atoms with E-state index < -0.39 is 0 Å². The molecule has 0 saturated heterocycles. The molecule has 6 nitrogen and oxygen atoms in total. The first-order valence-corrected chi connectivity index (χ1v) is 8.99. The van der Waals surface area contributed by atoms with Crippen LogP contribution in [0.4, 0.5) is 0 Å². The molecule has 0 saturated carbocycles. The lowest BCUT2D eigenvalue weighted by Crippen LogP contribution is -1.99. The van der Waals surface area contributed by atoms with Crippen LogP contribution in [0.15, 0.2) is 85.6 Å². The van der Waals surface area contributed by atoms with Gasteiger partial charge in [0.15, 0.2) is 5.65 Å². The van der Waals surface area contributed by atoms with Gasteiger partial charge in [-0.15, -0.1) is 0 Å². The van der Waals surface area contributed by atoms with Gasteiger partial charge in [0.1, 0.15) is 16.9 Å². The third-order valence-electron chi connectivity index (χ3n) is 4.93. The zero-order chi connectivity index (χ0) is 18.5. The predicted octanol–water partition coefficient (Wildman–Crippen LogP) is 4.26. The van der Waals surface area contributed by atoms with Crippen LogP contribution in [-0.4, -0.2) is 28.7 Å². The minimum Gasteiger partial charge on any atom is -0.300 e. The van der Waals surface area contributed by atoms with Crippen LogP contribution >= 0.6 is 0 Å². The van der Waals surface area contributed by atoms with Crippen molar-refractivity contribution in [2.24, 2.45) is 0 Å². The van der Waals surface area contributed by atoms with Crippen LogP contribution in [0.25, 0.3) is 45.0 Å². The molecule has 0 N–H and O–H groups in total.